The second kappa shape index (κ2) is 8.33. The molecule has 124 valence electrons. The highest BCUT2D eigenvalue weighted by molar-refractivity contribution is 5.54. The van der Waals surface area contributed by atoms with Crippen LogP contribution in [0.4, 0.5) is 0 Å². The maximum atomic E-state index is 4.41. The summed E-state index contributed by atoms with van der Waals surface area (Å²) in [6.45, 7) is 13.6. The summed E-state index contributed by atoms with van der Waals surface area (Å²) in [6.07, 6.45) is 6.71. The monoisotopic (exact) mass is 303 g/mol. The molecule has 0 aromatic carbocycles. The number of nitrogens with zero attached hydrogens (tertiary/aromatic N) is 2. The zero-order chi connectivity index (χ0) is 16.8. The summed E-state index contributed by atoms with van der Waals surface area (Å²) in [5.74, 6) is 0.812. The van der Waals surface area contributed by atoms with Gasteiger partial charge in [-0.1, -0.05) is 41.5 Å². The van der Waals surface area contributed by atoms with Crippen molar-refractivity contribution >= 4 is 5.52 Å². The van der Waals surface area contributed by atoms with Crippen molar-refractivity contribution in [3.63, 3.8) is 0 Å². The van der Waals surface area contributed by atoms with Crippen molar-refractivity contribution in [1.29, 1.82) is 0 Å². The Morgan fingerprint density at radius 3 is 2.32 bits per heavy atom. The van der Waals surface area contributed by atoms with Gasteiger partial charge < -0.3 is 9.72 Å². The lowest BCUT2D eigenvalue weighted by Crippen LogP contribution is -2.05. The fourth-order valence-electron chi connectivity index (χ4n) is 2.03. The minimum absolute atomic E-state index is 0.500. The lowest BCUT2D eigenvalue weighted by Gasteiger charge is -2.05. The normalized spacial score (nSPS) is 14.0. The molecule has 3 heteroatoms. The average molecular weight is 303 g/mol. The van der Waals surface area contributed by atoms with Gasteiger partial charge in [-0.25, -0.2) is 4.98 Å². The number of aromatic nitrogens is 2. The third-order valence-electron chi connectivity index (χ3n) is 3.04. The van der Waals surface area contributed by atoms with Gasteiger partial charge in [0, 0.05) is 12.7 Å². The summed E-state index contributed by atoms with van der Waals surface area (Å²) in [6, 6.07) is 4.51. The van der Waals surface area contributed by atoms with Gasteiger partial charge in [-0.2, -0.15) is 0 Å². The second-order valence-electron chi connectivity index (χ2n) is 7.25. The number of imidazole rings is 1. The third kappa shape index (κ3) is 6.18. The maximum Gasteiger partial charge on any atom is 0.0996 e. The SMILES string of the molecule is CC.CC(C)(C)C.CNCc1ncn2ccc(C3CC3)cc12. The molecule has 2 aromatic heterocycles. The van der Waals surface area contributed by atoms with Gasteiger partial charge in [0.15, 0.2) is 0 Å². The summed E-state index contributed by atoms with van der Waals surface area (Å²) in [7, 11) is 1.95. The first-order chi connectivity index (χ1) is 10.4. The first-order valence-electron chi connectivity index (χ1n) is 8.48. The molecule has 2 heterocycles. The lowest BCUT2D eigenvalue weighted by molar-refractivity contribution is 0.469. The van der Waals surface area contributed by atoms with E-state index in [0.717, 1.165) is 18.2 Å². The number of hydrogen-bond donors (Lipinski definition) is 1. The molecule has 0 radical (unpaired) electrons. The summed E-state index contributed by atoms with van der Waals surface area (Å²) >= 11 is 0. The van der Waals surface area contributed by atoms with E-state index in [9.17, 15) is 0 Å². The molecule has 0 bridgehead atoms. The van der Waals surface area contributed by atoms with Crippen LogP contribution < -0.4 is 5.32 Å². The minimum Gasteiger partial charge on any atom is -0.314 e. The van der Waals surface area contributed by atoms with Crippen LogP contribution in [0.5, 0.6) is 0 Å². The molecule has 3 rings (SSSR count). The predicted octanol–water partition coefficient (Wildman–Crippen LogP) is 5.01. The van der Waals surface area contributed by atoms with Crippen LogP contribution in [0.2, 0.25) is 0 Å². The summed E-state index contributed by atoms with van der Waals surface area (Å²) in [5.41, 5.74) is 4.36. The molecule has 0 spiro atoms. The number of nitrogens with one attached hydrogen (secondary N) is 1. The summed E-state index contributed by atoms with van der Waals surface area (Å²) in [4.78, 5) is 4.41. The van der Waals surface area contributed by atoms with E-state index in [-0.39, 0.29) is 0 Å². The molecule has 2 aromatic rings. The van der Waals surface area contributed by atoms with Crippen LogP contribution in [-0.2, 0) is 6.54 Å². The van der Waals surface area contributed by atoms with Crippen LogP contribution in [0.15, 0.2) is 24.7 Å². The molecule has 1 N–H and O–H groups in total. The van der Waals surface area contributed by atoms with Crippen molar-refractivity contribution in [2.75, 3.05) is 7.05 Å². The summed E-state index contributed by atoms with van der Waals surface area (Å²) < 4.78 is 2.10. The highest BCUT2D eigenvalue weighted by Gasteiger charge is 2.23. The summed E-state index contributed by atoms with van der Waals surface area (Å²) in [5, 5.41) is 3.15. The van der Waals surface area contributed by atoms with Crippen LogP contribution in [0.3, 0.4) is 0 Å². The largest absolute Gasteiger partial charge is 0.314 e. The van der Waals surface area contributed by atoms with E-state index in [1.165, 1.54) is 23.9 Å². The third-order valence-corrected chi connectivity index (χ3v) is 3.04. The van der Waals surface area contributed by atoms with E-state index < -0.39 is 0 Å². The van der Waals surface area contributed by atoms with Crippen LogP contribution in [0, 0.1) is 5.41 Å². The van der Waals surface area contributed by atoms with Gasteiger partial charge in [0.25, 0.3) is 0 Å². The quantitative estimate of drug-likeness (QED) is 0.863. The van der Waals surface area contributed by atoms with Crippen LogP contribution in [-0.4, -0.2) is 16.4 Å². The van der Waals surface area contributed by atoms with Gasteiger partial charge in [-0.15, -0.1) is 0 Å². The van der Waals surface area contributed by atoms with E-state index in [4.69, 9.17) is 0 Å². The molecule has 22 heavy (non-hydrogen) atoms. The zero-order valence-corrected chi connectivity index (χ0v) is 15.4. The fraction of sp³-hybridized carbons (Fsp3) is 0.632. The van der Waals surface area contributed by atoms with Gasteiger partial charge in [-0.05, 0) is 48.9 Å². The standard InChI is InChI=1S/C12H15N3.C5H12.C2H6/c1-13-7-11-12-6-10(9-2-3-9)4-5-15(12)8-14-11;1-5(2,3)4;1-2/h4-6,8-9,13H,2-3,7H2,1H3;1-4H3;1-2H3. The van der Waals surface area contributed by atoms with Crippen molar-refractivity contribution in [2.45, 2.75) is 66.8 Å². The average Bonchev–Trinajstić information content (AvgIpc) is 3.23. The maximum absolute atomic E-state index is 4.41. The lowest BCUT2D eigenvalue weighted by atomic mass is 10.0. The minimum atomic E-state index is 0.500. The molecular weight excluding hydrogens is 270 g/mol. The van der Waals surface area contributed by atoms with Crippen molar-refractivity contribution < 1.29 is 0 Å². The second-order valence-corrected chi connectivity index (χ2v) is 7.25. The Labute approximate surface area is 136 Å². The molecule has 1 saturated carbocycles. The van der Waals surface area contributed by atoms with Gasteiger partial charge in [0.1, 0.15) is 0 Å². The Hall–Kier alpha value is -1.35. The van der Waals surface area contributed by atoms with Crippen molar-refractivity contribution in [3.8, 4) is 0 Å². The van der Waals surface area contributed by atoms with E-state index in [1.807, 2.05) is 27.2 Å². The number of hydrogen-bond acceptors (Lipinski definition) is 2. The van der Waals surface area contributed by atoms with E-state index >= 15 is 0 Å². The predicted molar refractivity (Wildman–Crippen MR) is 96.4 cm³/mol. The molecule has 0 amide bonds. The van der Waals surface area contributed by atoms with Crippen molar-refractivity contribution in [3.05, 3.63) is 35.9 Å². The molecule has 0 aliphatic heterocycles. The molecule has 1 aliphatic carbocycles. The Morgan fingerprint density at radius 1 is 1.23 bits per heavy atom. The first kappa shape index (κ1) is 18.7. The van der Waals surface area contributed by atoms with Gasteiger partial charge in [-0.3, -0.25) is 0 Å². The van der Waals surface area contributed by atoms with Gasteiger partial charge in [0.05, 0.1) is 17.5 Å². The topological polar surface area (TPSA) is 29.3 Å². The fourth-order valence-corrected chi connectivity index (χ4v) is 2.03. The Morgan fingerprint density at radius 2 is 1.82 bits per heavy atom. The van der Waals surface area contributed by atoms with Gasteiger partial charge in [0.2, 0.25) is 0 Å². The molecule has 0 atom stereocenters. The number of rotatable bonds is 3. The van der Waals surface area contributed by atoms with Crippen LogP contribution in [0.1, 0.15) is 71.6 Å². The molecule has 1 fully saturated rings. The smallest absolute Gasteiger partial charge is 0.0996 e. The van der Waals surface area contributed by atoms with Crippen molar-refractivity contribution in [1.82, 2.24) is 14.7 Å². The highest BCUT2D eigenvalue weighted by Crippen LogP contribution is 2.40. The first-order valence-corrected chi connectivity index (χ1v) is 8.48. The Balaban J connectivity index is 0.000000299. The molecule has 0 saturated heterocycles. The van der Waals surface area contributed by atoms with E-state index in [2.05, 4.69) is 60.7 Å². The Bertz CT molecular complexity index is 554. The number of fused-ring (bicyclic) bond motifs is 1. The van der Waals surface area contributed by atoms with E-state index in [1.54, 1.807) is 0 Å². The zero-order valence-electron chi connectivity index (χ0n) is 15.4. The van der Waals surface area contributed by atoms with Crippen LogP contribution >= 0.6 is 0 Å². The molecule has 3 nitrogen and oxygen atoms in total. The van der Waals surface area contributed by atoms with Crippen LogP contribution in [0.25, 0.3) is 5.52 Å². The van der Waals surface area contributed by atoms with Crippen molar-refractivity contribution in [2.24, 2.45) is 5.41 Å². The van der Waals surface area contributed by atoms with Gasteiger partial charge >= 0.3 is 0 Å². The Kier molecular flexibility index (Phi) is 7.08. The molecule has 0 unspecified atom stereocenters. The highest BCUT2D eigenvalue weighted by atomic mass is 15.0. The molecule has 1 aliphatic rings. The van der Waals surface area contributed by atoms with E-state index in [0.29, 0.717) is 5.41 Å². The molecular formula is C19H33N3. The number of pyridine rings is 1.